The van der Waals surface area contributed by atoms with E-state index < -0.39 is 22.2 Å². The SMILES string of the molecule is CC(C)N1C(=O)c2ccccc2NS1(=O)=O.O. The Bertz CT molecular complexity index is 539. The van der Waals surface area contributed by atoms with Crippen molar-refractivity contribution in [1.29, 1.82) is 0 Å². The van der Waals surface area contributed by atoms with Crippen LogP contribution in [0, 0.1) is 0 Å². The van der Waals surface area contributed by atoms with E-state index in [1.165, 1.54) is 0 Å². The van der Waals surface area contributed by atoms with Crippen molar-refractivity contribution in [2.75, 3.05) is 4.72 Å². The Morgan fingerprint density at radius 3 is 2.41 bits per heavy atom. The smallest absolute Gasteiger partial charge is 0.326 e. The molecule has 0 bridgehead atoms. The van der Waals surface area contributed by atoms with Crippen LogP contribution in [0.1, 0.15) is 24.2 Å². The second kappa shape index (κ2) is 4.34. The summed E-state index contributed by atoms with van der Waals surface area (Å²) in [5.74, 6) is -0.482. The largest absolute Gasteiger partial charge is 0.412 e. The van der Waals surface area contributed by atoms with E-state index >= 15 is 0 Å². The first-order chi connectivity index (χ1) is 7.43. The summed E-state index contributed by atoms with van der Waals surface area (Å²) in [6.45, 7) is 3.32. The third kappa shape index (κ3) is 2.11. The highest BCUT2D eigenvalue weighted by atomic mass is 32.2. The fourth-order valence-corrected chi connectivity index (χ4v) is 3.11. The number of anilines is 1. The summed E-state index contributed by atoms with van der Waals surface area (Å²) in [6.07, 6.45) is 0. The van der Waals surface area contributed by atoms with Crippen LogP contribution >= 0.6 is 0 Å². The average Bonchev–Trinajstić information content (AvgIpc) is 2.15. The number of para-hydroxylation sites is 1. The van der Waals surface area contributed by atoms with E-state index in [-0.39, 0.29) is 5.48 Å². The number of amides is 1. The molecule has 1 heterocycles. The van der Waals surface area contributed by atoms with Gasteiger partial charge in [-0.2, -0.15) is 8.42 Å². The molecule has 0 aliphatic carbocycles. The summed E-state index contributed by atoms with van der Waals surface area (Å²) < 4.78 is 26.8. The Morgan fingerprint density at radius 1 is 1.24 bits per heavy atom. The molecule has 1 aliphatic rings. The predicted octanol–water partition coefficient (Wildman–Crippen LogP) is 0.383. The van der Waals surface area contributed by atoms with Crippen molar-refractivity contribution in [2.45, 2.75) is 19.9 Å². The van der Waals surface area contributed by atoms with Crippen LogP contribution in [0.5, 0.6) is 0 Å². The summed E-state index contributed by atoms with van der Waals surface area (Å²) in [6, 6.07) is 6.16. The third-order valence-corrected chi connectivity index (χ3v) is 3.91. The minimum atomic E-state index is -3.75. The molecule has 1 aromatic carbocycles. The van der Waals surface area contributed by atoms with Gasteiger partial charge in [0.25, 0.3) is 5.91 Å². The van der Waals surface area contributed by atoms with E-state index in [0.717, 1.165) is 4.31 Å². The van der Waals surface area contributed by atoms with Gasteiger partial charge in [-0.25, -0.2) is 4.31 Å². The van der Waals surface area contributed by atoms with Gasteiger partial charge < -0.3 is 5.48 Å². The number of hydrogen-bond donors (Lipinski definition) is 1. The molecule has 2 rings (SSSR count). The van der Waals surface area contributed by atoms with Crippen LogP contribution < -0.4 is 4.72 Å². The first-order valence-corrected chi connectivity index (χ1v) is 6.33. The molecule has 0 radical (unpaired) electrons. The van der Waals surface area contributed by atoms with Gasteiger partial charge in [-0.15, -0.1) is 0 Å². The van der Waals surface area contributed by atoms with Gasteiger partial charge >= 0.3 is 10.2 Å². The number of nitrogens with one attached hydrogen (secondary N) is 1. The Balaban J connectivity index is 0.00000144. The van der Waals surface area contributed by atoms with Crippen LogP contribution in [0.4, 0.5) is 5.69 Å². The first kappa shape index (κ1) is 13.5. The number of carbonyl (C=O) groups excluding carboxylic acids is 1. The molecule has 17 heavy (non-hydrogen) atoms. The van der Waals surface area contributed by atoms with Crippen LogP contribution in [0.15, 0.2) is 24.3 Å². The fraction of sp³-hybridized carbons (Fsp3) is 0.300. The zero-order valence-corrected chi connectivity index (χ0v) is 10.3. The van der Waals surface area contributed by atoms with Crippen molar-refractivity contribution in [3.05, 3.63) is 29.8 Å². The van der Waals surface area contributed by atoms with Gasteiger partial charge in [0.05, 0.1) is 11.3 Å². The lowest BCUT2D eigenvalue weighted by molar-refractivity contribution is 0.0834. The van der Waals surface area contributed by atoms with Crippen LogP contribution in [0.3, 0.4) is 0 Å². The van der Waals surface area contributed by atoms with E-state index in [1.54, 1.807) is 38.1 Å². The van der Waals surface area contributed by atoms with E-state index in [1.807, 2.05) is 0 Å². The second-order valence-corrected chi connectivity index (χ2v) is 5.40. The van der Waals surface area contributed by atoms with Crippen molar-refractivity contribution in [3.63, 3.8) is 0 Å². The van der Waals surface area contributed by atoms with Gasteiger partial charge in [0, 0.05) is 6.04 Å². The maximum absolute atomic E-state index is 12.0. The zero-order valence-electron chi connectivity index (χ0n) is 9.47. The first-order valence-electron chi connectivity index (χ1n) is 4.89. The predicted molar refractivity (Wildman–Crippen MR) is 63.9 cm³/mol. The molecule has 0 unspecified atom stereocenters. The van der Waals surface area contributed by atoms with E-state index in [9.17, 15) is 13.2 Å². The summed E-state index contributed by atoms with van der Waals surface area (Å²) in [5, 5.41) is 0. The quantitative estimate of drug-likeness (QED) is 0.788. The summed E-state index contributed by atoms with van der Waals surface area (Å²) in [4.78, 5) is 12.0. The molecule has 7 heteroatoms. The lowest BCUT2D eigenvalue weighted by atomic mass is 10.1. The Hall–Kier alpha value is -1.60. The number of benzene rings is 1. The van der Waals surface area contributed by atoms with Crippen molar-refractivity contribution in [1.82, 2.24) is 4.31 Å². The second-order valence-electron chi connectivity index (χ2n) is 3.85. The highest BCUT2D eigenvalue weighted by Gasteiger charge is 2.36. The standard InChI is InChI=1S/C10H12N2O3S.H2O/c1-7(2)12-10(13)8-5-3-4-6-9(8)11-16(12,14)15;/h3-7,11H,1-2H3;1H2. The van der Waals surface area contributed by atoms with Crippen LogP contribution in [-0.4, -0.2) is 30.1 Å². The highest BCUT2D eigenvalue weighted by molar-refractivity contribution is 7.91. The van der Waals surface area contributed by atoms with E-state index in [2.05, 4.69) is 4.72 Å². The van der Waals surface area contributed by atoms with E-state index in [0.29, 0.717) is 11.3 Å². The summed E-state index contributed by atoms with van der Waals surface area (Å²) >= 11 is 0. The van der Waals surface area contributed by atoms with E-state index in [4.69, 9.17) is 0 Å². The number of rotatable bonds is 1. The van der Waals surface area contributed by atoms with Gasteiger partial charge in [-0.1, -0.05) is 12.1 Å². The molecule has 0 saturated carbocycles. The lowest BCUT2D eigenvalue weighted by Gasteiger charge is -2.31. The molecule has 0 atom stereocenters. The average molecular weight is 258 g/mol. The molecule has 0 saturated heterocycles. The minimum absolute atomic E-state index is 0. The van der Waals surface area contributed by atoms with Crippen molar-refractivity contribution < 1.29 is 18.7 Å². The number of fused-ring (bicyclic) bond motifs is 1. The van der Waals surface area contributed by atoms with Gasteiger partial charge in [0.15, 0.2) is 0 Å². The lowest BCUT2D eigenvalue weighted by Crippen LogP contribution is -2.48. The van der Waals surface area contributed by atoms with Gasteiger partial charge in [-0.05, 0) is 26.0 Å². The molecular weight excluding hydrogens is 244 g/mol. The monoisotopic (exact) mass is 258 g/mol. The maximum atomic E-state index is 12.0. The van der Waals surface area contributed by atoms with Crippen LogP contribution in [0.2, 0.25) is 0 Å². The number of nitrogens with zero attached hydrogens (tertiary/aromatic N) is 1. The molecule has 3 N–H and O–H groups in total. The molecule has 1 aliphatic heterocycles. The van der Waals surface area contributed by atoms with Crippen LogP contribution in [-0.2, 0) is 10.2 Å². The number of hydrogen-bond acceptors (Lipinski definition) is 3. The van der Waals surface area contributed by atoms with Crippen LogP contribution in [0.25, 0.3) is 0 Å². The molecule has 1 amide bonds. The van der Waals surface area contributed by atoms with Crippen molar-refractivity contribution >= 4 is 21.8 Å². The Kier molecular flexibility index (Phi) is 3.44. The normalized spacial score (nSPS) is 17.1. The minimum Gasteiger partial charge on any atom is -0.412 e. The van der Waals surface area contributed by atoms with Crippen molar-refractivity contribution in [3.8, 4) is 0 Å². The van der Waals surface area contributed by atoms with Gasteiger partial charge in [0.1, 0.15) is 0 Å². The molecule has 0 aromatic heterocycles. The molecular formula is C10H14N2O4S. The molecule has 6 nitrogen and oxygen atoms in total. The highest BCUT2D eigenvalue weighted by Crippen LogP contribution is 2.27. The molecule has 0 fully saturated rings. The van der Waals surface area contributed by atoms with Gasteiger partial charge in [-0.3, -0.25) is 9.52 Å². The summed E-state index contributed by atoms with van der Waals surface area (Å²) in [5.41, 5.74) is 0.718. The van der Waals surface area contributed by atoms with Gasteiger partial charge in [0.2, 0.25) is 0 Å². The number of carbonyl (C=O) groups is 1. The fourth-order valence-electron chi connectivity index (χ4n) is 1.69. The van der Waals surface area contributed by atoms with Crippen molar-refractivity contribution in [2.24, 2.45) is 0 Å². The molecule has 1 aromatic rings. The molecule has 94 valence electrons. The Morgan fingerprint density at radius 2 is 1.82 bits per heavy atom. The maximum Gasteiger partial charge on any atom is 0.326 e. The summed E-state index contributed by atoms with van der Waals surface area (Å²) in [7, 11) is -3.75. The molecule has 0 spiro atoms. The topological polar surface area (TPSA) is 98.0 Å². The third-order valence-electron chi connectivity index (χ3n) is 2.32. The Labute approximate surface area is 99.7 Å². The zero-order chi connectivity index (χ0) is 11.9.